The molecule has 1 atom stereocenters. The van der Waals surface area contributed by atoms with Gasteiger partial charge in [0.1, 0.15) is 6.33 Å². The number of hydrogen-bond acceptors (Lipinski definition) is 7. The molecule has 2 fully saturated rings. The minimum absolute atomic E-state index is 0.0861. The summed E-state index contributed by atoms with van der Waals surface area (Å²) in [6.45, 7) is 4.22. The zero-order valence-corrected chi connectivity index (χ0v) is 18.0. The molecule has 2 aliphatic heterocycles. The summed E-state index contributed by atoms with van der Waals surface area (Å²) in [4.78, 5) is 30.7. The van der Waals surface area contributed by atoms with Gasteiger partial charge in [0.25, 0.3) is 5.91 Å². The number of aryl methyl sites for hydroxylation is 1. The summed E-state index contributed by atoms with van der Waals surface area (Å²) in [6, 6.07) is 8.20. The maximum absolute atomic E-state index is 13.4. The molecule has 162 valence electrons. The number of benzene rings is 1. The SMILES string of the molecule is O=C(CCn1cnnn1)N1CC[C@H](c2c(C(=O)N3CCOCC3)sc3ccccc23)C1. The quantitative estimate of drug-likeness (QED) is 0.600. The topological polar surface area (TPSA) is 93.5 Å². The molecule has 5 rings (SSSR count). The monoisotopic (exact) mass is 440 g/mol. The predicted molar refractivity (Wildman–Crippen MR) is 115 cm³/mol. The standard InChI is InChI=1S/C21H24N6O3S/c28-18(6-8-27-14-22-23-24-27)26-7-5-15(13-26)19-16-3-1-2-4-17(16)31-20(19)21(29)25-9-11-30-12-10-25/h1-4,14-15H,5-13H2/t15-/m0/s1. The summed E-state index contributed by atoms with van der Waals surface area (Å²) in [5.41, 5.74) is 1.10. The van der Waals surface area contributed by atoms with Crippen molar-refractivity contribution in [3.8, 4) is 0 Å². The lowest BCUT2D eigenvalue weighted by Gasteiger charge is -2.27. The van der Waals surface area contributed by atoms with E-state index in [4.69, 9.17) is 4.74 Å². The highest BCUT2D eigenvalue weighted by atomic mass is 32.1. The van der Waals surface area contributed by atoms with Crippen molar-refractivity contribution < 1.29 is 14.3 Å². The Morgan fingerprint density at radius 2 is 1.97 bits per heavy atom. The molecule has 2 aliphatic rings. The van der Waals surface area contributed by atoms with Crippen molar-refractivity contribution in [3.05, 3.63) is 41.0 Å². The number of fused-ring (bicyclic) bond motifs is 1. The Morgan fingerprint density at radius 1 is 1.13 bits per heavy atom. The highest BCUT2D eigenvalue weighted by Gasteiger charge is 2.33. The first-order valence-corrected chi connectivity index (χ1v) is 11.4. The molecule has 1 aromatic carbocycles. The average Bonchev–Trinajstić information content (AvgIpc) is 3.56. The molecule has 0 N–H and O–H groups in total. The third-order valence-electron chi connectivity index (χ3n) is 6.02. The number of ether oxygens (including phenoxy) is 1. The first-order valence-electron chi connectivity index (χ1n) is 10.6. The second-order valence-corrected chi connectivity index (χ2v) is 8.95. The molecule has 0 bridgehead atoms. The number of morpholine rings is 1. The van der Waals surface area contributed by atoms with Gasteiger partial charge in [0.05, 0.1) is 24.6 Å². The van der Waals surface area contributed by atoms with Crippen LogP contribution in [0.3, 0.4) is 0 Å². The molecule has 4 heterocycles. The van der Waals surface area contributed by atoms with E-state index in [0.717, 1.165) is 26.9 Å². The van der Waals surface area contributed by atoms with Gasteiger partial charge in [-0.15, -0.1) is 16.4 Å². The predicted octanol–water partition coefficient (Wildman–Crippen LogP) is 1.77. The van der Waals surface area contributed by atoms with Crippen LogP contribution in [0.2, 0.25) is 0 Å². The zero-order valence-electron chi connectivity index (χ0n) is 17.1. The van der Waals surface area contributed by atoms with Crippen LogP contribution in [-0.2, 0) is 16.1 Å². The summed E-state index contributed by atoms with van der Waals surface area (Å²) in [5.74, 6) is 0.342. The van der Waals surface area contributed by atoms with Gasteiger partial charge >= 0.3 is 0 Å². The lowest BCUT2D eigenvalue weighted by Crippen LogP contribution is -2.40. The van der Waals surface area contributed by atoms with Crippen molar-refractivity contribution in [2.24, 2.45) is 0 Å². The van der Waals surface area contributed by atoms with E-state index in [9.17, 15) is 9.59 Å². The normalized spacial score (nSPS) is 19.3. The van der Waals surface area contributed by atoms with Gasteiger partial charge < -0.3 is 14.5 Å². The van der Waals surface area contributed by atoms with Crippen molar-refractivity contribution in [2.45, 2.75) is 25.3 Å². The van der Waals surface area contributed by atoms with Gasteiger partial charge in [0.2, 0.25) is 5.91 Å². The van der Waals surface area contributed by atoms with Crippen molar-refractivity contribution in [3.63, 3.8) is 0 Å². The Morgan fingerprint density at radius 3 is 2.77 bits per heavy atom. The fourth-order valence-corrected chi connectivity index (χ4v) is 5.67. The van der Waals surface area contributed by atoms with E-state index in [0.29, 0.717) is 52.4 Å². The molecular formula is C21H24N6O3S. The highest BCUT2D eigenvalue weighted by Crippen LogP contribution is 2.40. The van der Waals surface area contributed by atoms with Crippen LogP contribution in [0.1, 0.15) is 34.0 Å². The van der Waals surface area contributed by atoms with Crippen LogP contribution in [0.4, 0.5) is 0 Å². The maximum atomic E-state index is 13.4. The first kappa shape index (κ1) is 20.1. The Labute approximate surface area is 183 Å². The fourth-order valence-electron chi connectivity index (χ4n) is 4.41. The van der Waals surface area contributed by atoms with Crippen molar-refractivity contribution in [1.82, 2.24) is 30.0 Å². The Hall–Kier alpha value is -2.85. The van der Waals surface area contributed by atoms with Gasteiger partial charge in [-0.05, 0) is 33.9 Å². The van der Waals surface area contributed by atoms with E-state index in [1.54, 1.807) is 16.0 Å². The third kappa shape index (κ3) is 4.05. The van der Waals surface area contributed by atoms with Crippen LogP contribution in [0.25, 0.3) is 10.1 Å². The number of nitrogens with zero attached hydrogens (tertiary/aromatic N) is 6. The Kier molecular flexibility index (Phi) is 5.65. The van der Waals surface area contributed by atoms with Gasteiger partial charge in [-0.25, -0.2) is 4.68 Å². The van der Waals surface area contributed by atoms with Crippen molar-refractivity contribution in [1.29, 1.82) is 0 Å². The van der Waals surface area contributed by atoms with Crippen molar-refractivity contribution in [2.75, 3.05) is 39.4 Å². The van der Waals surface area contributed by atoms with Gasteiger partial charge in [-0.3, -0.25) is 9.59 Å². The number of carbonyl (C=O) groups is 2. The van der Waals surface area contributed by atoms with E-state index >= 15 is 0 Å². The zero-order chi connectivity index (χ0) is 21.2. The summed E-state index contributed by atoms with van der Waals surface area (Å²) < 4.78 is 8.11. The Balaban J connectivity index is 1.36. The molecule has 0 aliphatic carbocycles. The second kappa shape index (κ2) is 8.72. The number of hydrogen-bond donors (Lipinski definition) is 0. The van der Waals surface area contributed by atoms with Crippen LogP contribution in [0, 0.1) is 0 Å². The van der Waals surface area contributed by atoms with E-state index in [2.05, 4.69) is 27.7 Å². The van der Waals surface area contributed by atoms with Crippen LogP contribution >= 0.6 is 11.3 Å². The molecule has 2 saturated heterocycles. The molecule has 0 saturated carbocycles. The van der Waals surface area contributed by atoms with E-state index in [-0.39, 0.29) is 17.7 Å². The minimum Gasteiger partial charge on any atom is -0.378 e. The number of rotatable bonds is 5. The van der Waals surface area contributed by atoms with Crippen LogP contribution in [0.15, 0.2) is 30.6 Å². The molecule has 9 nitrogen and oxygen atoms in total. The van der Waals surface area contributed by atoms with E-state index < -0.39 is 0 Å². The van der Waals surface area contributed by atoms with Crippen LogP contribution < -0.4 is 0 Å². The number of thiophene rings is 1. The summed E-state index contributed by atoms with van der Waals surface area (Å²) in [7, 11) is 0. The number of aromatic nitrogens is 4. The molecule has 0 radical (unpaired) electrons. The molecule has 10 heteroatoms. The average molecular weight is 441 g/mol. The molecule has 3 aromatic rings. The lowest BCUT2D eigenvalue weighted by atomic mass is 9.94. The fraction of sp³-hybridized carbons (Fsp3) is 0.476. The van der Waals surface area contributed by atoms with Crippen LogP contribution in [-0.4, -0.2) is 81.2 Å². The minimum atomic E-state index is 0.0861. The van der Waals surface area contributed by atoms with Gasteiger partial charge in [-0.2, -0.15) is 0 Å². The number of carbonyl (C=O) groups excluding carboxylic acids is 2. The second-order valence-electron chi connectivity index (χ2n) is 7.89. The number of tetrazole rings is 1. The molecule has 0 unspecified atom stereocenters. The smallest absolute Gasteiger partial charge is 0.264 e. The third-order valence-corrected chi connectivity index (χ3v) is 7.20. The molecule has 31 heavy (non-hydrogen) atoms. The maximum Gasteiger partial charge on any atom is 0.264 e. The van der Waals surface area contributed by atoms with Crippen LogP contribution in [0.5, 0.6) is 0 Å². The molecule has 2 aromatic heterocycles. The number of amides is 2. The van der Waals surface area contributed by atoms with Gasteiger partial charge in [0.15, 0.2) is 0 Å². The summed E-state index contributed by atoms with van der Waals surface area (Å²) >= 11 is 1.57. The number of likely N-dealkylation sites (tertiary alicyclic amines) is 1. The highest BCUT2D eigenvalue weighted by molar-refractivity contribution is 7.21. The van der Waals surface area contributed by atoms with Gasteiger partial charge in [-0.1, -0.05) is 18.2 Å². The van der Waals surface area contributed by atoms with E-state index in [1.807, 2.05) is 21.9 Å². The van der Waals surface area contributed by atoms with Gasteiger partial charge in [0, 0.05) is 43.2 Å². The molecule has 0 spiro atoms. The molecule has 2 amide bonds. The Bertz CT molecular complexity index is 1080. The van der Waals surface area contributed by atoms with Crippen molar-refractivity contribution >= 4 is 33.2 Å². The molecular weight excluding hydrogens is 416 g/mol. The summed E-state index contributed by atoms with van der Waals surface area (Å²) in [5, 5.41) is 12.2. The largest absolute Gasteiger partial charge is 0.378 e. The first-order chi connectivity index (χ1) is 15.2. The summed E-state index contributed by atoms with van der Waals surface area (Å²) in [6.07, 6.45) is 2.74. The van der Waals surface area contributed by atoms with E-state index in [1.165, 1.54) is 6.33 Å². The lowest BCUT2D eigenvalue weighted by molar-refractivity contribution is -0.130.